The highest BCUT2D eigenvalue weighted by molar-refractivity contribution is 5.81. The van der Waals surface area contributed by atoms with E-state index in [1.807, 2.05) is 4.90 Å². The van der Waals surface area contributed by atoms with Gasteiger partial charge in [-0.2, -0.15) is 0 Å². The molecule has 0 aromatic rings. The Kier molecular flexibility index (Phi) is 3.01. The van der Waals surface area contributed by atoms with Gasteiger partial charge in [0.15, 0.2) is 0 Å². The van der Waals surface area contributed by atoms with Crippen molar-refractivity contribution in [1.82, 2.24) is 4.90 Å². The van der Waals surface area contributed by atoms with Crippen molar-refractivity contribution in [2.24, 2.45) is 11.1 Å². The lowest BCUT2D eigenvalue weighted by Gasteiger charge is -2.33. The SMILES string of the molecule is CC(N)C(=O)N1CCC2(CCCCC2)C1. The maximum atomic E-state index is 11.8. The van der Waals surface area contributed by atoms with Crippen molar-refractivity contribution >= 4 is 5.91 Å². The van der Waals surface area contributed by atoms with Gasteiger partial charge in [-0.15, -0.1) is 0 Å². The van der Waals surface area contributed by atoms with Crippen LogP contribution in [-0.2, 0) is 4.79 Å². The average molecular weight is 210 g/mol. The molecule has 0 bridgehead atoms. The molecule has 0 aromatic carbocycles. The maximum Gasteiger partial charge on any atom is 0.239 e. The first kappa shape index (κ1) is 10.9. The summed E-state index contributed by atoms with van der Waals surface area (Å²) in [6, 6.07) is -0.330. The summed E-state index contributed by atoms with van der Waals surface area (Å²) in [7, 11) is 0. The second-order valence-electron chi connectivity index (χ2n) is 5.36. The molecule has 3 heteroatoms. The summed E-state index contributed by atoms with van der Waals surface area (Å²) in [4.78, 5) is 13.8. The van der Waals surface area contributed by atoms with Gasteiger partial charge in [0.05, 0.1) is 6.04 Å². The molecule has 0 aromatic heterocycles. The fourth-order valence-corrected chi connectivity index (χ4v) is 3.12. The molecule has 15 heavy (non-hydrogen) atoms. The predicted molar refractivity (Wildman–Crippen MR) is 60.4 cm³/mol. The molecule has 1 amide bonds. The molecule has 2 aliphatic rings. The molecule has 1 aliphatic heterocycles. The topological polar surface area (TPSA) is 46.3 Å². The van der Waals surface area contributed by atoms with Crippen LogP contribution >= 0.6 is 0 Å². The lowest BCUT2D eigenvalue weighted by Crippen LogP contribution is -2.42. The smallest absolute Gasteiger partial charge is 0.239 e. The van der Waals surface area contributed by atoms with Crippen LogP contribution in [0, 0.1) is 5.41 Å². The quantitative estimate of drug-likeness (QED) is 0.713. The van der Waals surface area contributed by atoms with E-state index in [1.165, 1.54) is 38.5 Å². The van der Waals surface area contributed by atoms with Crippen molar-refractivity contribution in [2.75, 3.05) is 13.1 Å². The van der Waals surface area contributed by atoms with Gasteiger partial charge in [-0.1, -0.05) is 19.3 Å². The lowest BCUT2D eigenvalue weighted by molar-refractivity contribution is -0.131. The van der Waals surface area contributed by atoms with Gasteiger partial charge in [0, 0.05) is 13.1 Å². The molecule has 1 atom stereocenters. The van der Waals surface area contributed by atoms with E-state index in [9.17, 15) is 4.79 Å². The van der Waals surface area contributed by atoms with E-state index in [-0.39, 0.29) is 11.9 Å². The Labute approximate surface area is 92.0 Å². The minimum Gasteiger partial charge on any atom is -0.341 e. The molecular weight excluding hydrogens is 188 g/mol. The molecular formula is C12H22N2O. The van der Waals surface area contributed by atoms with Crippen molar-refractivity contribution in [3.05, 3.63) is 0 Å². The molecule has 1 saturated heterocycles. The summed E-state index contributed by atoms with van der Waals surface area (Å²) in [5.41, 5.74) is 6.10. The summed E-state index contributed by atoms with van der Waals surface area (Å²) in [6.45, 7) is 3.68. The van der Waals surface area contributed by atoms with Gasteiger partial charge >= 0.3 is 0 Å². The minimum absolute atomic E-state index is 0.137. The Morgan fingerprint density at radius 2 is 1.93 bits per heavy atom. The van der Waals surface area contributed by atoms with Crippen LogP contribution < -0.4 is 5.73 Å². The number of hydrogen-bond acceptors (Lipinski definition) is 2. The monoisotopic (exact) mass is 210 g/mol. The van der Waals surface area contributed by atoms with Crippen molar-refractivity contribution < 1.29 is 4.79 Å². The first-order chi connectivity index (χ1) is 7.13. The Balaban J connectivity index is 1.96. The third-order valence-corrected chi connectivity index (χ3v) is 4.05. The Hall–Kier alpha value is -0.570. The Morgan fingerprint density at radius 1 is 1.27 bits per heavy atom. The van der Waals surface area contributed by atoms with Crippen molar-refractivity contribution in [2.45, 2.75) is 51.5 Å². The molecule has 0 radical (unpaired) electrons. The normalized spacial score (nSPS) is 26.9. The lowest BCUT2D eigenvalue weighted by atomic mass is 9.73. The third-order valence-electron chi connectivity index (χ3n) is 4.05. The van der Waals surface area contributed by atoms with Crippen LogP contribution in [0.3, 0.4) is 0 Å². The molecule has 2 rings (SSSR count). The fourth-order valence-electron chi connectivity index (χ4n) is 3.12. The first-order valence-electron chi connectivity index (χ1n) is 6.17. The zero-order valence-electron chi connectivity index (χ0n) is 9.67. The first-order valence-corrected chi connectivity index (χ1v) is 6.17. The second kappa shape index (κ2) is 4.12. The van der Waals surface area contributed by atoms with Crippen LogP contribution in [0.25, 0.3) is 0 Å². The average Bonchev–Trinajstić information content (AvgIpc) is 2.62. The summed E-state index contributed by atoms with van der Waals surface area (Å²) in [5, 5.41) is 0. The summed E-state index contributed by atoms with van der Waals surface area (Å²) >= 11 is 0. The largest absolute Gasteiger partial charge is 0.341 e. The molecule has 86 valence electrons. The van der Waals surface area contributed by atoms with Crippen LogP contribution in [-0.4, -0.2) is 29.9 Å². The Bertz CT molecular complexity index is 244. The number of nitrogens with two attached hydrogens (primary N) is 1. The molecule has 1 spiro atoms. The van der Waals surface area contributed by atoms with Crippen molar-refractivity contribution in [3.8, 4) is 0 Å². The van der Waals surface area contributed by atoms with E-state index in [0.717, 1.165) is 13.1 Å². The van der Waals surface area contributed by atoms with Crippen LogP contribution in [0.2, 0.25) is 0 Å². The van der Waals surface area contributed by atoms with Crippen LogP contribution in [0.5, 0.6) is 0 Å². The zero-order valence-corrected chi connectivity index (χ0v) is 9.67. The number of hydrogen-bond donors (Lipinski definition) is 1. The Morgan fingerprint density at radius 3 is 2.53 bits per heavy atom. The van der Waals surface area contributed by atoms with Gasteiger partial charge in [-0.3, -0.25) is 4.79 Å². The van der Waals surface area contributed by atoms with E-state index in [0.29, 0.717) is 5.41 Å². The number of rotatable bonds is 1. The highest BCUT2D eigenvalue weighted by Crippen LogP contribution is 2.43. The van der Waals surface area contributed by atoms with Gasteiger partial charge in [-0.25, -0.2) is 0 Å². The van der Waals surface area contributed by atoms with Gasteiger partial charge in [-0.05, 0) is 31.6 Å². The van der Waals surface area contributed by atoms with Gasteiger partial charge < -0.3 is 10.6 Å². The third kappa shape index (κ3) is 2.17. The molecule has 1 aliphatic carbocycles. The maximum absolute atomic E-state index is 11.8. The zero-order chi connectivity index (χ0) is 10.9. The summed E-state index contributed by atoms with van der Waals surface area (Å²) in [6.07, 6.45) is 7.90. The highest BCUT2D eigenvalue weighted by atomic mass is 16.2. The standard InChI is InChI=1S/C12H22N2O/c1-10(13)11(15)14-8-7-12(9-14)5-3-2-4-6-12/h10H,2-9,13H2,1H3. The highest BCUT2D eigenvalue weighted by Gasteiger charge is 2.40. The molecule has 1 unspecified atom stereocenters. The summed E-state index contributed by atoms with van der Waals surface area (Å²) < 4.78 is 0. The van der Waals surface area contributed by atoms with E-state index in [2.05, 4.69) is 0 Å². The molecule has 1 saturated carbocycles. The van der Waals surface area contributed by atoms with Crippen molar-refractivity contribution in [3.63, 3.8) is 0 Å². The predicted octanol–water partition coefficient (Wildman–Crippen LogP) is 1.52. The molecule has 2 N–H and O–H groups in total. The van der Waals surface area contributed by atoms with Crippen molar-refractivity contribution in [1.29, 1.82) is 0 Å². The number of nitrogens with zero attached hydrogens (tertiary/aromatic N) is 1. The number of amides is 1. The molecule has 3 nitrogen and oxygen atoms in total. The van der Waals surface area contributed by atoms with Gasteiger partial charge in [0.1, 0.15) is 0 Å². The van der Waals surface area contributed by atoms with Gasteiger partial charge in [0.2, 0.25) is 5.91 Å². The van der Waals surface area contributed by atoms with Crippen LogP contribution in [0.1, 0.15) is 45.4 Å². The number of carbonyl (C=O) groups excluding carboxylic acids is 1. The van der Waals surface area contributed by atoms with Gasteiger partial charge in [0.25, 0.3) is 0 Å². The number of carbonyl (C=O) groups is 1. The second-order valence-corrected chi connectivity index (χ2v) is 5.36. The fraction of sp³-hybridized carbons (Fsp3) is 0.917. The van der Waals surface area contributed by atoms with E-state index in [4.69, 9.17) is 5.73 Å². The van der Waals surface area contributed by atoms with E-state index in [1.54, 1.807) is 6.92 Å². The number of likely N-dealkylation sites (tertiary alicyclic amines) is 1. The molecule has 1 heterocycles. The molecule has 2 fully saturated rings. The van der Waals surface area contributed by atoms with Crippen LogP contribution in [0.15, 0.2) is 0 Å². The van der Waals surface area contributed by atoms with E-state index >= 15 is 0 Å². The minimum atomic E-state index is -0.330. The van der Waals surface area contributed by atoms with E-state index < -0.39 is 0 Å². The summed E-state index contributed by atoms with van der Waals surface area (Å²) in [5.74, 6) is 0.137. The van der Waals surface area contributed by atoms with Crippen LogP contribution in [0.4, 0.5) is 0 Å².